The first-order chi connectivity index (χ1) is 9.20. The van der Waals surface area contributed by atoms with Gasteiger partial charge in [0, 0.05) is 0 Å². The van der Waals surface area contributed by atoms with Crippen molar-refractivity contribution in [3.05, 3.63) is 30.3 Å². The number of hydrogen-bond acceptors (Lipinski definition) is 4. The molecule has 1 aromatic carbocycles. The molecule has 0 amide bonds. The fourth-order valence-electron chi connectivity index (χ4n) is 1.42. The first-order valence-electron chi connectivity index (χ1n) is 6.39. The van der Waals surface area contributed by atoms with Crippen LogP contribution in [0.2, 0.25) is 0 Å². The van der Waals surface area contributed by atoms with E-state index >= 15 is 0 Å². The second-order valence-corrected chi connectivity index (χ2v) is 5.76. The Kier molecular flexibility index (Phi) is 7.12. The molecule has 19 heavy (non-hydrogen) atoms. The molecule has 0 bridgehead atoms. The molecule has 104 valence electrons. The molecule has 1 rings (SSSR count). The zero-order valence-corrected chi connectivity index (χ0v) is 12.2. The molecular formula is C14H19O4P. The van der Waals surface area contributed by atoms with E-state index in [2.05, 4.69) is 0 Å². The summed E-state index contributed by atoms with van der Waals surface area (Å²) in [7, 11) is -1.72. The highest BCUT2D eigenvalue weighted by Crippen LogP contribution is 2.39. The molecule has 1 aromatic rings. The van der Waals surface area contributed by atoms with Gasteiger partial charge in [0.15, 0.2) is 7.92 Å². The van der Waals surface area contributed by atoms with Crippen molar-refractivity contribution < 1.29 is 19.1 Å². The summed E-state index contributed by atoms with van der Waals surface area (Å²) in [4.78, 5) is 24.0. The number of benzene rings is 1. The number of unbranched alkanes of at least 4 members (excludes halogenated alkanes) is 1. The number of carbonyl (C=O) groups is 2. The fourth-order valence-corrected chi connectivity index (χ4v) is 2.94. The van der Waals surface area contributed by atoms with Crippen LogP contribution in [0.4, 0.5) is 9.59 Å². The maximum absolute atomic E-state index is 12.0. The second-order valence-electron chi connectivity index (χ2n) is 3.84. The summed E-state index contributed by atoms with van der Waals surface area (Å²) in [5.74, 6) is 0. The highest BCUT2D eigenvalue weighted by molar-refractivity contribution is 7.94. The number of rotatable bonds is 7. The molecule has 0 N–H and O–H groups in total. The van der Waals surface area contributed by atoms with E-state index in [1.807, 2.05) is 13.0 Å². The van der Waals surface area contributed by atoms with Gasteiger partial charge in [0.2, 0.25) is 0 Å². The average Bonchev–Trinajstić information content (AvgIpc) is 2.41. The first kappa shape index (κ1) is 15.6. The third-order valence-electron chi connectivity index (χ3n) is 2.37. The normalized spacial score (nSPS) is 11.7. The van der Waals surface area contributed by atoms with E-state index in [9.17, 15) is 9.59 Å². The molecule has 0 aliphatic rings. The van der Waals surface area contributed by atoms with E-state index < -0.39 is 19.3 Å². The summed E-state index contributed by atoms with van der Waals surface area (Å²) < 4.78 is 10.1. The molecule has 0 aliphatic heterocycles. The van der Waals surface area contributed by atoms with Gasteiger partial charge in [-0.25, -0.2) is 9.59 Å². The van der Waals surface area contributed by atoms with Crippen molar-refractivity contribution in [2.24, 2.45) is 0 Å². The summed E-state index contributed by atoms with van der Waals surface area (Å²) in [6, 6.07) is 8.93. The fraction of sp³-hybridized carbons (Fsp3) is 0.429. The van der Waals surface area contributed by atoms with Gasteiger partial charge in [0.05, 0.1) is 13.2 Å². The van der Waals surface area contributed by atoms with Crippen molar-refractivity contribution in [1.82, 2.24) is 0 Å². The van der Waals surface area contributed by atoms with E-state index in [0.29, 0.717) is 11.9 Å². The molecule has 0 spiro atoms. The quantitative estimate of drug-likeness (QED) is 0.562. The second kappa shape index (κ2) is 8.65. The van der Waals surface area contributed by atoms with Crippen molar-refractivity contribution in [3.63, 3.8) is 0 Å². The van der Waals surface area contributed by atoms with Crippen LogP contribution in [-0.4, -0.2) is 24.6 Å². The molecule has 0 radical (unpaired) electrons. The van der Waals surface area contributed by atoms with E-state index in [4.69, 9.17) is 9.47 Å². The molecule has 0 saturated heterocycles. The van der Waals surface area contributed by atoms with E-state index in [-0.39, 0.29) is 6.61 Å². The van der Waals surface area contributed by atoms with Crippen LogP contribution >= 0.6 is 7.92 Å². The van der Waals surface area contributed by atoms with Gasteiger partial charge in [-0.3, -0.25) is 0 Å². The van der Waals surface area contributed by atoms with E-state index in [1.165, 1.54) is 0 Å². The largest absolute Gasteiger partial charge is 0.462 e. The maximum Gasteiger partial charge on any atom is 0.342 e. The van der Waals surface area contributed by atoms with Gasteiger partial charge in [-0.1, -0.05) is 43.7 Å². The Balaban J connectivity index is 2.81. The van der Waals surface area contributed by atoms with Crippen LogP contribution in [0.25, 0.3) is 0 Å². The van der Waals surface area contributed by atoms with Crippen molar-refractivity contribution in [3.8, 4) is 0 Å². The predicted octanol–water partition coefficient (Wildman–Crippen LogP) is 3.89. The highest BCUT2D eigenvalue weighted by atomic mass is 31.1. The van der Waals surface area contributed by atoms with Crippen molar-refractivity contribution in [2.45, 2.75) is 26.7 Å². The maximum atomic E-state index is 12.0. The van der Waals surface area contributed by atoms with Crippen LogP contribution in [0.1, 0.15) is 26.7 Å². The predicted molar refractivity (Wildman–Crippen MR) is 76.3 cm³/mol. The molecule has 0 fully saturated rings. The lowest BCUT2D eigenvalue weighted by Gasteiger charge is -2.14. The molecular weight excluding hydrogens is 263 g/mol. The summed E-state index contributed by atoms with van der Waals surface area (Å²) in [5.41, 5.74) is -0.974. The molecule has 0 heterocycles. The third kappa shape index (κ3) is 4.99. The summed E-state index contributed by atoms with van der Waals surface area (Å²) in [6.45, 7) is 4.34. The SMILES string of the molecule is CCCCOC(=O)P(C(=O)OCC)c1ccccc1. The van der Waals surface area contributed by atoms with Crippen LogP contribution in [0.3, 0.4) is 0 Å². The zero-order valence-electron chi connectivity index (χ0n) is 11.3. The van der Waals surface area contributed by atoms with Crippen LogP contribution in [0, 0.1) is 0 Å². The third-order valence-corrected chi connectivity index (χ3v) is 4.17. The number of ether oxygens (including phenoxy) is 2. The summed E-state index contributed by atoms with van der Waals surface area (Å²) in [6.07, 6.45) is 1.74. The van der Waals surface area contributed by atoms with Crippen molar-refractivity contribution >= 4 is 24.6 Å². The minimum Gasteiger partial charge on any atom is -0.462 e. The number of carbonyl (C=O) groups excluding carboxylic acids is 2. The lowest BCUT2D eigenvalue weighted by Crippen LogP contribution is -2.17. The van der Waals surface area contributed by atoms with Gasteiger partial charge in [-0.2, -0.15) is 0 Å². The van der Waals surface area contributed by atoms with E-state index in [1.54, 1.807) is 31.2 Å². The molecule has 1 atom stereocenters. The monoisotopic (exact) mass is 282 g/mol. The van der Waals surface area contributed by atoms with Crippen molar-refractivity contribution in [1.29, 1.82) is 0 Å². The standard InChI is InChI=1S/C14H19O4P/c1-3-5-11-18-14(16)19(13(15)17-4-2)12-9-7-6-8-10-12/h6-10H,3-5,11H2,1-2H3. The van der Waals surface area contributed by atoms with Crippen molar-refractivity contribution in [2.75, 3.05) is 13.2 Å². The van der Waals surface area contributed by atoms with Crippen LogP contribution in [-0.2, 0) is 9.47 Å². The molecule has 0 aliphatic carbocycles. The topological polar surface area (TPSA) is 52.6 Å². The first-order valence-corrected chi connectivity index (χ1v) is 7.73. The Bertz CT molecular complexity index is 405. The Hall–Kier alpha value is -1.41. The minimum atomic E-state index is -1.72. The van der Waals surface area contributed by atoms with Gasteiger partial charge in [0.1, 0.15) is 0 Å². The molecule has 0 aromatic heterocycles. The molecule has 1 unspecified atom stereocenters. The highest BCUT2D eigenvalue weighted by Gasteiger charge is 2.31. The Morgan fingerprint density at radius 3 is 2.26 bits per heavy atom. The smallest absolute Gasteiger partial charge is 0.342 e. The molecule has 0 saturated carbocycles. The van der Waals surface area contributed by atoms with Crippen LogP contribution < -0.4 is 5.30 Å². The number of hydrogen-bond donors (Lipinski definition) is 0. The van der Waals surface area contributed by atoms with Gasteiger partial charge in [-0.15, -0.1) is 0 Å². The Morgan fingerprint density at radius 2 is 1.68 bits per heavy atom. The van der Waals surface area contributed by atoms with Gasteiger partial charge in [0.25, 0.3) is 0 Å². The molecule has 5 heteroatoms. The van der Waals surface area contributed by atoms with E-state index in [0.717, 1.165) is 12.8 Å². The lowest BCUT2D eigenvalue weighted by molar-refractivity contribution is 0.168. The summed E-state index contributed by atoms with van der Waals surface area (Å²) in [5, 5.41) is 0.664. The minimum absolute atomic E-state index is 0.257. The molecule has 4 nitrogen and oxygen atoms in total. The van der Waals surface area contributed by atoms with Crippen LogP contribution in [0.15, 0.2) is 30.3 Å². The van der Waals surface area contributed by atoms with Gasteiger partial charge < -0.3 is 9.47 Å². The lowest BCUT2D eigenvalue weighted by atomic mass is 10.4. The van der Waals surface area contributed by atoms with Gasteiger partial charge in [-0.05, 0) is 18.6 Å². The van der Waals surface area contributed by atoms with Crippen LogP contribution in [0.5, 0.6) is 0 Å². The Morgan fingerprint density at radius 1 is 1.05 bits per heavy atom. The zero-order chi connectivity index (χ0) is 14.1. The summed E-state index contributed by atoms with van der Waals surface area (Å²) >= 11 is 0. The van der Waals surface area contributed by atoms with Gasteiger partial charge >= 0.3 is 11.4 Å². The average molecular weight is 282 g/mol. The Labute approximate surface area is 114 Å².